The number of aromatic hydroxyl groups is 1. The first-order chi connectivity index (χ1) is 16.2. The van der Waals surface area contributed by atoms with Crippen LogP contribution in [0.3, 0.4) is 0 Å². The van der Waals surface area contributed by atoms with Gasteiger partial charge in [-0.25, -0.2) is 0 Å². The molecule has 1 saturated heterocycles. The van der Waals surface area contributed by atoms with Gasteiger partial charge in [-0.05, 0) is 79.6 Å². The molecule has 1 aliphatic carbocycles. The van der Waals surface area contributed by atoms with Crippen LogP contribution >= 0.6 is 0 Å². The fraction of sp³-hybridized carbons (Fsp3) is 0.379. The van der Waals surface area contributed by atoms with Crippen molar-refractivity contribution in [3.05, 3.63) is 89.0 Å². The monoisotopic (exact) mass is 443 g/mol. The van der Waals surface area contributed by atoms with E-state index >= 15 is 0 Å². The lowest BCUT2D eigenvalue weighted by Crippen LogP contribution is -2.25. The van der Waals surface area contributed by atoms with Crippen LogP contribution in [0.25, 0.3) is 0 Å². The third kappa shape index (κ3) is 4.72. The molecule has 2 aliphatic rings. The minimum Gasteiger partial charge on any atom is -0.508 e. The molecule has 4 nitrogen and oxygen atoms in total. The fourth-order valence-corrected chi connectivity index (χ4v) is 5.60. The molecule has 0 radical (unpaired) electrons. The van der Waals surface area contributed by atoms with Crippen molar-refractivity contribution in [3.63, 3.8) is 0 Å². The number of methoxy groups -OCH3 is 1. The van der Waals surface area contributed by atoms with Crippen LogP contribution in [-0.4, -0.2) is 43.4 Å². The number of phenols is 1. The Bertz CT molecular complexity index is 1040. The minimum absolute atomic E-state index is 0.158. The first-order valence-corrected chi connectivity index (χ1v) is 12.1. The molecule has 1 N–H and O–H groups in total. The van der Waals surface area contributed by atoms with Gasteiger partial charge >= 0.3 is 0 Å². The van der Waals surface area contributed by atoms with Crippen molar-refractivity contribution in [1.29, 1.82) is 0 Å². The van der Waals surface area contributed by atoms with E-state index in [2.05, 4.69) is 59.5 Å². The van der Waals surface area contributed by atoms with E-state index in [0.29, 0.717) is 5.92 Å². The number of phenolic OH excluding ortho intramolecular Hbond substituents is 1. The van der Waals surface area contributed by atoms with Gasteiger partial charge in [0.05, 0.1) is 7.11 Å². The van der Waals surface area contributed by atoms with Crippen molar-refractivity contribution in [2.75, 3.05) is 33.4 Å². The highest BCUT2D eigenvalue weighted by molar-refractivity contribution is 5.55. The molecular formula is C29H33NO3. The summed E-state index contributed by atoms with van der Waals surface area (Å²) in [6, 6.07) is 23.0. The Morgan fingerprint density at radius 2 is 1.70 bits per heavy atom. The van der Waals surface area contributed by atoms with Crippen molar-refractivity contribution >= 4 is 0 Å². The molecule has 4 heteroatoms. The standard InChI is InChI=1S/C29H33NO3/c1-32-27-20-24(31)19-23-11-14-26(21-7-3-2-4-8-21)28(29(23)27)22-9-12-25(13-10-22)33-18-17-30-15-5-6-16-30/h2-4,7-10,12-13,19-20,26,28,31H,5-6,11,14-18H2,1H3/t26-,28+/m1/s1. The summed E-state index contributed by atoms with van der Waals surface area (Å²) < 4.78 is 11.8. The van der Waals surface area contributed by atoms with Crippen LogP contribution in [0.1, 0.15) is 53.4 Å². The van der Waals surface area contributed by atoms with E-state index in [1.807, 2.05) is 6.07 Å². The molecule has 2 atom stereocenters. The maximum Gasteiger partial charge on any atom is 0.126 e. The highest BCUT2D eigenvalue weighted by Crippen LogP contribution is 2.50. The van der Waals surface area contributed by atoms with E-state index in [1.54, 1.807) is 13.2 Å². The topological polar surface area (TPSA) is 41.9 Å². The Kier molecular flexibility index (Phi) is 6.54. The Labute approximate surface area is 196 Å². The van der Waals surface area contributed by atoms with Gasteiger partial charge in [-0.15, -0.1) is 0 Å². The zero-order valence-electron chi connectivity index (χ0n) is 19.4. The summed E-state index contributed by atoms with van der Waals surface area (Å²) in [5, 5.41) is 10.2. The van der Waals surface area contributed by atoms with E-state index in [0.717, 1.165) is 37.5 Å². The molecule has 3 aromatic carbocycles. The lowest BCUT2D eigenvalue weighted by atomic mass is 9.69. The first-order valence-electron chi connectivity index (χ1n) is 12.1. The molecule has 5 rings (SSSR count). The maximum absolute atomic E-state index is 10.2. The zero-order chi connectivity index (χ0) is 22.6. The van der Waals surface area contributed by atoms with E-state index in [-0.39, 0.29) is 11.7 Å². The van der Waals surface area contributed by atoms with E-state index in [1.165, 1.54) is 48.2 Å². The van der Waals surface area contributed by atoms with Gasteiger partial charge in [-0.1, -0.05) is 42.5 Å². The molecule has 172 valence electrons. The highest BCUT2D eigenvalue weighted by atomic mass is 16.5. The van der Waals surface area contributed by atoms with E-state index < -0.39 is 0 Å². The summed E-state index contributed by atoms with van der Waals surface area (Å²) in [5.41, 5.74) is 4.96. The second-order valence-corrected chi connectivity index (χ2v) is 9.22. The number of benzene rings is 3. The summed E-state index contributed by atoms with van der Waals surface area (Å²) >= 11 is 0. The molecule has 1 heterocycles. The number of hydrogen-bond donors (Lipinski definition) is 1. The molecule has 0 spiro atoms. The van der Waals surface area contributed by atoms with Crippen molar-refractivity contribution in [3.8, 4) is 17.2 Å². The van der Waals surface area contributed by atoms with Crippen molar-refractivity contribution in [2.45, 2.75) is 37.5 Å². The lowest BCUT2D eigenvalue weighted by molar-refractivity contribution is 0.237. The number of nitrogens with zero attached hydrogens (tertiary/aromatic N) is 1. The molecule has 33 heavy (non-hydrogen) atoms. The van der Waals surface area contributed by atoms with Crippen LogP contribution in [0.2, 0.25) is 0 Å². The molecule has 1 fully saturated rings. The summed E-state index contributed by atoms with van der Waals surface area (Å²) in [6.45, 7) is 4.11. The van der Waals surface area contributed by atoms with Crippen LogP contribution in [0.15, 0.2) is 66.7 Å². The molecule has 0 saturated carbocycles. The summed E-state index contributed by atoms with van der Waals surface area (Å²) in [6.07, 6.45) is 4.57. The van der Waals surface area contributed by atoms with Crippen LogP contribution in [-0.2, 0) is 6.42 Å². The predicted molar refractivity (Wildman–Crippen MR) is 132 cm³/mol. The maximum atomic E-state index is 10.2. The smallest absolute Gasteiger partial charge is 0.126 e. The summed E-state index contributed by atoms with van der Waals surface area (Å²) in [7, 11) is 1.69. The van der Waals surface area contributed by atoms with Crippen molar-refractivity contribution in [2.24, 2.45) is 0 Å². The highest BCUT2D eigenvalue weighted by Gasteiger charge is 2.34. The fourth-order valence-electron chi connectivity index (χ4n) is 5.60. The first kappa shape index (κ1) is 21.8. The molecule has 0 amide bonds. The van der Waals surface area contributed by atoms with Gasteiger partial charge in [0, 0.05) is 24.1 Å². The van der Waals surface area contributed by atoms with Gasteiger partial charge < -0.3 is 14.6 Å². The second-order valence-electron chi connectivity index (χ2n) is 9.22. The van der Waals surface area contributed by atoms with Crippen LogP contribution < -0.4 is 9.47 Å². The van der Waals surface area contributed by atoms with Crippen LogP contribution in [0.4, 0.5) is 0 Å². The predicted octanol–water partition coefficient (Wildman–Crippen LogP) is 5.74. The quantitative estimate of drug-likeness (QED) is 0.506. The second kappa shape index (κ2) is 9.88. The lowest BCUT2D eigenvalue weighted by Gasteiger charge is -2.35. The molecule has 0 aromatic heterocycles. The van der Waals surface area contributed by atoms with Gasteiger partial charge in [0.2, 0.25) is 0 Å². The number of rotatable bonds is 7. The Morgan fingerprint density at radius 3 is 2.42 bits per heavy atom. The van der Waals surface area contributed by atoms with Gasteiger partial charge in [-0.2, -0.15) is 0 Å². The number of fused-ring (bicyclic) bond motifs is 1. The Morgan fingerprint density at radius 1 is 0.939 bits per heavy atom. The summed E-state index contributed by atoms with van der Waals surface area (Å²) in [4.78, 5) is 2.47. The van der Waals surface area contributed by atoms with Crippen LogP contribution in [0.5, 0.6) is 17.2 Å². The average Bonchev–Trinajstić information content (AvgIpc) is 3.37. The van der Waals surface area contributed by atoms with Crippen LogP contribution in [0, 0.1) is 0 Å². The number of ether oxygens (including phenoxy) is 2. The molecule has 0 bridgehead atoms. The zero-order valence-corrected chi connectivity index (χ0v) is 19.4. The number of aryl methyl sites for hydroxylation is 1. The Hall–Kier alpha value is -2.98. The van der Waals surface area contributed by atoms with Gasteiger partial charge in [0.25, 0.3) is 0 Å². The SMILES string of the molecule is COc1cc(O)cc2c1[C@@H](c1ccc(OCCN3CCCC3)cc1)[C@@H](c1ccccc1)CC2. The van der Waals surface area contributed by atoms with Crippen molar-refractivity contribution in [1.82, 2.24) is 4.90 Å². The average molecular weight is 444 g/mol. The normalized spacial score (nSPS) is 20.4. The van der Waals surface area contributed by atoms with E-state index in [9.17, 15) is 5.11 Å². The molecule has 3 aromatic rings. The minimum atomic E-state index is 0.158. The molecule has 0 unspecified atom stereocenters. The number of hydrogen-bond acceptors (Lipinski definition) is 4. The van der Waals surface area contributed by atoms with Gasteiger partial charge in [-0.3, -0.25) is 4.90 Å². The largest absolute Gasteiger partial charge is 0.508 e. The Balaban J connectivity index is 1.44. The molecular weight excluding hydrogens is 410 g/mol. The number of likely N-dealkylation sites (tertiary alicyclic amines) is 1. The van der Waals surface area contributed by atoms with Crippen molar-refractivity contribution < 1.29 is 14.6 Å². The third-order valence-corrected chi connectivity index (χ3v) is 7.21. The van der Waals surface area contributed by atoms with Gasteiger partial charge in [0.1, 0.15) is 23.9 Å². The van der Waals surface area contributed by atoms with Gasteiger partial charge in [0.15, 0.2) is 0 Å². The third-order valence-electron chi connectivity index (χ3n) is 7.21. The molecule has 1 aliphatic heterocycles. The van der Waals surface area contributed by atoms with E-state index in [4.69, 9.17) is 9.47 Å². The summed E-state index contributed by atoms with van der Waals surface area (Å²) in [5.74, 6) is 2.46.